The van der Waals surface area contributed by atoms with E-state index < -0.39 is 5.60 Å². The van der Waals surface area contributed by atoms with Gasteiger partial charge >= 0.3 is 6.09 Å². The summed E-state index contributed by atoms with van der Waals surface area (Å²) in [5.41, 5.74) is 1.91. The molecule has 0 aliphatic heterocycles. The van der Waals surface area contributed by atoms with Crippen molar-refractivity contribution < 1.29 is 23.5 Å². The molecule has 1 aromatic carbocycles. The number of aromatic nitrogens is 2. The molecule has 192 valence electrons. The third-order valence-corrected chi connectivity index (χ3v) is 5.60. The number of fused-ring (bicyclic) bond motifs is 1. The summed E-state index contributed by atoms with van der Waals surface area (Å²) in [6.45, 7) is 8.56. The van der Waals surface area contributed by atoms with Gasteiger partial charge in [0, 0.05) is 30.7 Å². The third kappa shape index (κ3) is 6.52. The molecule has 3 aromatic heterocycles. The minimum atomic E-state index is -0.598. The number of carbonyl (C=O) groups excluding carboxylic acids is 2. The summed E-state index contributed by atoms with van der Waals surface area (Å²) in [6.07, 6.45) is 5.20. The fourth-order valence-electron chi connectivity index (χ4n) is 3.93. The molecule has 0 saturated carbocycles. The van der Waals surface area contributed by atoms with Crippen molar-refractivity contribution in [2.45, 2.75) is 46.3 Å². The number of amides is 1. The Morgan fingerprint density at radius 3 is 2.57 bits per heavy atom. The highest BCUT2D eigenvalue weighted by Gasteiger charge is 2.24. The lowest BCUT2D eigenvalue weighted by atomic mass is 10.1. The van der Waals surface area contributed by atoms with Crippen LogP contribution in [0, 0.1) is 6.92 Å². The number of pyridine rings is 2. The van der Waals surface area contributed by atoms with Crippen LogP contribution in [0.5, 0.6) is 5.75 Å². The summed E-state index contributed by atoms with van der Waals surface area (Å²) in [7, 11) is 0. The second-order valence-electron chi connectivity index (χ2n) is 9.69. The largest absolute Gasteiger partial charge is 0.493 e. The normalized spacial score (nSPS) is 11.4. The molecule has 0 bridgehead atoms. The Bertz CT molecular complexity index is 1360. The van der Waals surface area contributed by atoms with Gasteiger partial charge in [0.05, 0.1) is 18.5 Å². The van der Waals surface area contributed by atoms with Gasteiger partial charge in [0.25, 0.3) is 0 Å². The van der Waals surface area contributed by atoms with Crippen LogP contribution < -0.4 is 4.74 Å². The van der Waals surface area contributed by atoms with Crippen LogP contribution in [0.2, 0.25) is 0 Å². The molecular weight excluding hydrogens is 470 g/mol. The molecule has 0 saturated heterocycles. The van der Waals surface area contributed by atoms with E-state index in [1.54, 1.807) is 41.7 Å². The molecule has 1 amide bonds. The molecule has 0 atom stereocenters. The van der Waals surface area contributed by atoms with E-state index in [1.165, 1.54) is 0 Å². The Kier molecular flexibility index (Phi) is 7.86. The molecule has 0 aliphatic rings. The first kappa shape index (κ1) is 25.9. The van der Waals surface area contributed by atoms with Gasteiger partial charge in [0.1, 0.15) is 22.6 Å². The first-order chi connectivity index (χ1) is 17.7. The average Bonchev–Trinajstić information content (AvgIpc) is 3.22. The van der Waals surface area contributed by atoms with E-state index in [4.69, 9.17) is 13.9 Å². The SMILES string of the molecule is Cc1c(C(=O)c2ccccn2)oc2cccc(OCCCN(Cc3cccnc3)C(=O)OC(C)(C)C)c12. The minimum Gasteiger partial charge on any atom is -0.493 e. The van der Waals surface area contributed by atoms with Crippen LogP contribution in [0.15, 0.2) is 71.5 Å². The molecule has 0 N–H and O–H groups in total. The van der Waals surface area contributed by atoms with Gasteiger partial charge in [0.15, 0.2) is 5.76 Å². The van der Waals surface area contributed by atoms with E-state index in [0.29, 0.717) is 48.7 Å². The highest BCUT2D eigenvalue weighted by molar-refractivity contribution is 6.10. The molecule has 0 radical (unpaired) electrons. The van der Waals surface area contributed by atoms with Crippen molar-refractivity contribution in [3.63, 3.8) is 0 Å². The van der Waals surface area contributed by atoms with Crippen molar-refractivity contribution >= 4 is 22.8 Å². The van der Waals surface area contributed by atoms with Crippen LogP contribution >= 0.6 is 0 Å². The zero-order valence-corrected chi connectivity index (χ0v) is 21.6. The van der Waals surface area contributed by atoms with Crippen LogP contribution in [0.1, 0.15) is 54.6 Å². The van der Waals surface area contributed by atoms with Crippen molar-refractivity contribution in [3.05, 3.63) is 89.7 Å². The molecule has 0 aliphatic carbocycles. The van der Waals surface area contributed by atoms with E-state index in [0.717, 1.165) is 10.9 Å². The second-order valence-corrected chi connectivity index (χ2v) is 9.69. The molecule has 4 rings (SSSR count). The quantitative estimate of drug-likeness (QED) is 0.206. The summed E-state index contributed by atoms with van der Waals surface area (Å²) < 4.78 is 17.6. The van der Waals surface area contributed by atoms with Crippen LogP contribution in [0.3, 0.4) is 0 Å². The summed E-state index contributed by atoms with van der Waals surface area (Å²) in [4.78, 5) is 35.7. The summed E-state index contributed by atoms with van der Waals surface area (Å²) in [5.74, 6) is 0.593. The number of hydrogen-bond acceptors (Lipinski definition) is 7. The molecule has 8 nitrogen and oxygen atoms in total. The first-order valence-electron chi connectivity index (χ1n) is 12.2. The summed E-state index contributed by atoms with van der Waals surface area (Å²) >= 11 is 0. The van der Waals surface area contributed by atoms with E-state index in [-0.39, 0.29) is 17.6 Å². The predicted molar refractivity (Wildman–Crippen MR) is 140 cm³/mol. The molecule has 8 heteroatoms. The number of nitrogens with zero attached hydrogens (tertiary/aromatic N) is 3. The maximum atomic E-state index is 12.9. The number of furan rings is 1. The van der Waals surface area contributed by atoms with Gasteiger partial charge in [-0.25, -0.2) is 4.79 Å². The highest BCUT2D eigenvalue weighted by Crippen LogP contribution is 2.34. The number of benzene rings is 1. The molecular formula is C29H31N3O5. The monoisotopic (exact) mass is 501 g/mol. The molecule has 0 fully saturated rings. The Labute approximate surface area is 216 Å². The molecule has 3 heterocycles. The molecule has 0 unspecified atom stereocenters. The van der Waals surface area contributed by atoms with Crippen LogP contribution in [-0.2, 0) is 11.3 Å². The Balaban J connectivity index is 1.45. The lowest BCUT2D eigenvalue weighted by molar-refractivity contribution is 0.0225. The van der Waals surface area contributed by atoms with Gasteiger partial charge in [-0.2, -0.15) is 0 Å². The van der Waals surface area contributed by atoms with Gasteiger partial charge in [-0.1, -0.05) is 18.2 Å². The van der Waals surface area contributed by atoms with Crippen LogP contribution in [-0.4, -0.2) is 45.5 Å². The fourth-order valence-corrected chi connectivity index (χ4v) is 3.93. The number of carbonyl (C=O) groups is 2. The average molecular weight is 502 g/mol. The first-order valence-corrected chi connectivity index (χ1v) is 12.2. The van der Waals surface area contributed by atoms with Crippen molar-refractivity contribution in [1.29, 1.82) is 0 Å². The smallest absolute Gasteiger partial charge is 0.410 e. The number of ketones is 1. The van der Waals surface area contributed by atoms with E-state index in [9.17, 15) is 9.59 Å². The number of aryl methyl sites for hydroxylation is 1. The Morgan fingerprint density at radius 2 is 1.86 bits per heavy atom. The zero-order valence-electron chi connectivity index (χ0n) is 21.6. The lowest BCUT2D eigenvalue weighted by Gasteiger charge is -2.27. The lowest BCUT2D eigenvalue weighted by Crippen LogP contribution is -2.37. The fraction of sp³-hybridized carbons (Fsp3) is 0.310. The minimum absolute atomic E-state index is 0.248. The predicted octanol–water partition coefficient (Wildman–Crippen LogP) is 5.97. The third-order valence-electron chi connectivity index (χ3n) is 5.60. The van der Waals surface area contributed by atoms with E-state index in [1.807, 2.05) is 58.0 Å². The van der Waals surface area contributed by atoms with Crippen LogP contribution in [0.4, 0.5) is 4.79 Å². The van der Waals surface area contributed by atoms with Crippen LogP contribution in [0.25, 0.3) is 11.0 Å². The summed E-state index contributed by atoms with van der Waals surface area (Å²) in [5, 5.41) is 0.751. The molecule has 4 aromatic rings. The van der Waals surface area contributed by atoms with Gasteiger partial charge in [-0.3, -0.25) is 14.8 Å². The van der Waals surface area contributed by atoms with Crippen molar-refractivity contribution in [3.8, 4) is 5.75 Å². The van der Waals surface area contributed by atoms with Crippen molar-refractivity contribution in [2.24, 2.45) is 0 Å². The van der Waals surface area contributed by atoms with Crippen molar-refractivity contribution in [1.82, 2.24) is 14.9 Å². The highest BCUT2D eigenvalue weighted by atomic mass is 16.6. The molecule has 37 heavy (non-hydrogen) atoms. The van der Waals surface area contributed by atoms with Gasteiger partial charge in [0.2, 0.25) is 5.78 Å². The molecule has 0 spiro atoms. The zero-order chi connectivity index (χ0) is 26.4. The Morgan fingerprint density at radius 1 is 1.03 bits per heavy atom. The standard InChI is InChI=1S/C29H31N3O5/c1-20-25-23(12-7-13-24(25)36-27(20)26(33)22-11-5-6-15-31-22)35-17-9-16-32(28(34)37-29(2,3)4)19-21-10-8-14-30-18-21/h5-8,10-15,18H,9,16-17,19H2,1-4H3. The number of hydrogen-bond donors (Lipinski definition) is 0. The maximum Gasteiger partial charge on any atom is 0.410 e. The van der Waals surface area contributed by atoms with Gasteiger partial charge in [-0.15, -0.1) is 0 Å². The topological polar surface area (TPSA) is 94.8 Å². The Hall–Kier alpha value is -4.20. The maximum absolute atomic E-state index is 12.9. The van der Waals surface area contributed by atoms with E-state index >= 15 is 0 Å². The number of ether oxygens (including phenoxy) is 2. The van der Waals surface area contributed by atoms with Gasteiger partial charge < -0.3 is 18.8 Å². The van der Waals surface area contributed by atoms with Crippen molar-refractivity contribution in [2.75, 3.05) is 13.2 Å². The summed E-state index contributed by atoms with van der Waals surface area (Å²) in [6, 6.07) is 14.4. The van der Waals surface area contributed by atoms with E-state index in [2.05, 4.69) is 9.97 Å². The number of rotatable bonds is 9. The van der Waals surface area contributed by atoms with Gasteiger partial charge in [-0.05, 0) is 70.0 Å². The second kappa shape index (κ2) is 11.2.